The van der Waals surface area contributed by atoms with Gasteiger partial charge in [0.15, 0.2) is 0 Å². The second kappa shape index (κ2) is 6.51. The molecule has 2 rings (SSSR count). The molecule has 1 aliphatic rings. The van der Waals surface area contributed by atoms with Crippen LogP contribution in [0.2, 0.25) is 0 Å². The fourth-order valence-electron chi connectivity index (χ4n) is 2.91. The van der Waals surface area contributed by atoms with Crippen molar-refractivity contribution in [3.63, 3.8) is 0 Å². The number of hydrogen-bond donors (Lipinski definition) is 1. The van der Waals surface area contributed by atoms with Crippen molar-refractivity contribution in [1.29, 1.82) is 0 Å². The standard InChI is InChI=1S/C16H26N2O/c1-12-7-13(2)9-15(8-12)14(3)18-5-6-19-16(11-18)10-17-4/h7-9,14,16-17H,5-6,10-11H2,1-4H3. The van der Waals surface area contributed by atoms with Crippen LogP contribution in [0.15, 0.2) is 18.2 Å². The van der Waals surface area contributed by atoms with Gasteiger partial charge < -0.3 is 10.1 Å². The van der Waals surface area contributed by atoms with E-state index in [0.717, 1.165) is 26.2 Å². The van der Waals surface area contributed by atoms with Gasteiger partial charge in [-0.2, -0.15) is 0 Å². The van der Waals surface area contributed by atoms with E-state index in [4.69, 9.17) is 4.74 Å². The zero-order valence-electron chi connectivity index (χ0n) is 12.6. The molecule has 1 fully saturated rings. The molecule has 1 aromatic carbocycles. The van der Waals surface area contributed by atoms with Crippen molar-refractivity contribution in [2.45, 2.75) is 32.9 Å². The molecule has 1 aromatic rings. The number of rotatable bonds is 4. The molecule has 0 bridgehead atoms. The summed E-state index contributed by atoms with van der Waals surface area (Å²) >= 11 is 0. The average molecular weight is 262 g/mol. The molecule has 0 aromatic heterocycles. The van der Waals surface area contributed by atoms with Gasteiger partial charge in [-0.15, -0.1) is 0 Å². The summed E-state index contributed by atoms with van der Waals surface area (Å²) < 4.78 is 5.78. The van der Waals surface area contributed by atoms with Crippen LogP contribution in [0.3, 0.4) is 0 Å². The smallest absolute Gasteiger partial charge is 0.0826 e. The lowest BCUT2D eigenvalue weighted by Crippen LogP contribution is -2.46. The Morgan fingerprint density at radius 1 is 1.32 bits per heavy atom. The zero-order chi connectivity index (χ0) is 13.8. The molecular formula is C16H26N2O. The van der Waals surface area contributed by atoms with E-state index in [1.165, 1.54) is 16.7 Å². The molecule has 0 radical (unpaired) electrons. The molecule has 0 amide bonds. The van der Waals surface area contributed by atoms with Crippen molar-refractivity contribution in [3.05, 3.63) is 34.9 Å². The summed E-state index contributed by atoms with van der Waals surface area (Å²) in [4.78, 5) is 2.53. The number of hydrogen-bond acceptors (Lipinski definition) is 3. The average Bonchev–Trinajstić information content (AvgIpc) is 2.37. The maximum absolute atomic E-state index is 5.78. The highest BCUT2D eigenvalue weighted by molar-refractivity contribution is 5.30. The summed E-state index contributed by atoms with van der Waals surface area (Å²) in [6.45, 7) is 10.4. The van der Waals surface area contributed by atoms with Crippen molar-refractivity contribution >= 4 is 0 Å². The van der Waals surface area contributed by atoms with Gasteiger partial charge in [0, 0.05) is 25.7 Å². The number of morpholine rings is 1. The predicted octanol–water partition coefficient (Wildman–Crippen LogP) is 2.28. The minimum atomic E-state index is 0.312. The van der Waals surface area contributed by atoms with E-state index in [0.29, 0.717) is 12.1 Å². The summed E-state index contributed by atoms with van der Waals surface area (Å²) in [7, 11) is 1.98. The van der Waals surface area contributed by atoms with E-state index in [9.17, 15) is 0 Å². The molecule has 0 saturated carbocycles. The van der Waals surface area contributed by atoms with Gasteiger partial charge in [-0.05, 0) is 33.4 Å². The minimum absolute atomic E-state index is 0.312. The van der Waals surface area contributed by atoms with E-state index in [2.05, 4.69) is 49.2 Å². The summed E-state index contributed by atoms with van der Waals surface area (Å²) in [6, 6.07) is 7.31. The molecule has 2 atom stereocenters. The number of nitrogens with one attached hydrogen (secondary N) is 1. The quantitative estimate of drug-likeness (QED) is 0.901. The molecule has 0 spiro atoms. The van der Waals surface area contributed by atoms with Crippen molar-refractivity contribution in [1.82, 2.24) is 10.2 Å². The zero-order valence-corrected chi connectivity index (χ0v) is 12.6. The molecule has 1 N–H and O–H groups in total. The molecule has 0 aliphatic carbocycles. The van der Waals surface area contributed by atoms with Crippen LogP contribution < -0.4 is 5.32 Å². The van der Waals surface area contributed by atoms with Crippen LogP contribution in [0.5, 0.6) is 0 Å². The third-order valence-electron chi connectivity index (χ3n) is 3.88. The first-order valence-electron chi connectivity index (χ1n) is 7.18. The molecule has 1 saturated heterocycles. The Bertz CT molecular complexity index is 397. The van der Waals surface area contributed by atoms with Gasteiger partial charge >= 0.3 is 0 Å². The summed E-state index contributed by atoms with van der Waals surface area (Å²) in [5.41, 5.74) is 4.12. The fraction of sp³-hybridized carbons (Fsp3) is 0.625. The first-order chi connectivity index (χ1) is 9.10. The summed E-state index contributed by atoms with van der Waals surface area (Å²) in [5.74, 6) is 0. The second-order valence-corrected chi connectivity index (χ2v) is 5.64. The highest BCUT2D eigenvalue weighted by atomic mass is 16.5. The molecule has 106 valence electrons. The molecule has 3 heteroatoms. The Labute approximate surface area is 116 Å². The highest BCUT2D eigenvalue weighted by Gasteiger charge is 2.24. The van der Waals surface area contributed by atoms with Gasteiger partial charge in [-0.1, -0.05) is 29.3 Å². The van der Waals surface area contributed by atoms with Gasteiger partial charge in [-0.25, -0.2) is 0 Å². The summed E-state index contributed by atoms with van der Waals surface area (Å²) in [6.07, 6.45) is 0.312. The van der Waals surface area contributed by atoms with E-state index in [1.807, 2.05) is 7.05 Å². The van der Waals surface area contributed by atoms with Crippen molar-refractivity contribution in [3.8, 4) is 0 Å². The lowest BCUT2D eigenvalue weighted by molar-refractivity contribution is -0.0393. The first-order valence-corrected chi connectivity index (χ1v) is 7.18. The van der Waals surface area contributed by atoms with Crippen LogP contribution in [0.4, 0.5) is 0 Å². The van der Waals surface area contributed by atoms with Crippen LogP contribution in [-0.4, -0.2) is 44.3 Å². The SMILES string of the molecule is CNCC1CN(C(C)c2cc(C)cc(C)c2)CCO1. The fourth-order valence-corrected chi connectivity index (χ4v) is 2.91. The van der Waals surface area contributed by atoms with Crippen LogP contribution >= 0.6 is 0 Å². The lowest BCUT2D eigenvalue weighted by atomic mass is 10.0. The van der Waals surface area contributed by atoms with Gasteiger partial charge in [0.05, 0.1) is 12.7 Å². The van der Waals surface area contributed by atoms with Gasteiger partial charge in [-0.3, -0.25) is 4.90 Å². The van der Waals surface area contributed by atoms with Crippen molar-refractivity contribution in [2.75, 3.05) is 33.3 Å². The highest BCUT2D eigenvalue weighted by Crippen LogP contribution is 2.24. The Hall–Kier alpha value is -0.900. The summed E-state index contributed by atoms with van der Waals surface area (Å²) in [5, 5.41) is 3.20. The normalized spacial score (nSPS) is 22.4. The van der Waals surface area contributed by atoms with E-state index in [-0.39, 0.29) is 0 Å². The number of nitrogens with zero attached hydrogens (tertiary/aromatic N) is 1. The maximum atomic E-state index is 5.78. The number of benzene rings is 1. The molecule has 19 heavy (non-hydrogen) atoms. The predicted molar refractivity (Wildman–Crippen MR) is 79.6 cm³/mol. The second-order valence-electron chi connectivity index (χ2n) is 5.64. The van der Waals surface area contributed by atoms with Crippen LogP contribution in [0, 0.1) is 13.8 Å². The van der Waals surface area contributed by atoms with E-state index in [1.54, 1.807) is 0 Å². The van der Waals surface area contributed by atoms with Crippen LogP contribution in [0.25, 0.3) is 0 Å². The molecule has 3 nitrogen and oxygen atoms in total. The van der Waals surface area contributed by atoms with Crippen molar-refractivity contribution in [2.24, 2.45) is 0 Å². The molecule has 1 heterocycles. The largest absolute Gasteiger partial charge is 0.374 e. The third-order valence-corrected chi connectivity index (χ3v) is 3.88. The van der Waals surface area contributed by atoms with Crippen LogP contribution in [0.1, 0.15) is 29.7 Å². The van der Waals surface area contributed by atoms with E-state index < -0.39 is 0 Å². The van der Waals surface area contributed by atoms with Gasteiger partial charge in [0.2, 0.25) is 0 Å². The number of aryl methyl sites for hydroxylation is 2. The monoisotopic (exact) mass is 262 g/mol. The lowest BCUT2D eigenvalue weighted by Gasteiger charge is -2.37. The molecular weight excluding hydrogens is 236 g/mol. The maximum Gasteiger partial charge on any atom is 0.0826 e. The van der Waals surface area contributed by atoms with Crippen molar-refractivity contribution < 1.29 is 4.74 Å². The van der Waals surface area contributed by atoms with Gasteiger partial charge in [0.1, 0.15) is 0 Å². The third kappa shape index (κ3) is 3.78. The minimum Gasteiger partial charge on any atom is -0.374 e. The topological polar surface area (TPSA) is 24.5 Å². The van der Waals surface area contributed by atoms with Crippen LogP contribution in [-0.2, 0) is 4.74 Å². The Morgan fingerprint density at radius 2 is 2.00 bits per heavy atom. The Morgan fingerprint density at radius 3 is 2.63 bits per heavy atom. The van der Waals surface area contributed by atoms with Gasteiger partial charge in [0.25, 0.3) is 0 Å². The Kier molecular flexibility index (Phi) is 4.97. The first kappa shape index (κ1) is 14.5. The number of likely N-dealkylation sites (N-methyl/N-ethyl adjacent to an activating group) is 1. The number of ether oxygens (including phenoxy) is 1. The molecule has 1 aliphatic heterocycles. The molecule has 2 unspecified atom stereocenters. The van der Waals surface area contributed by atoms with E-state index >= 15 is 0 Å². The Balaban J connectivity index is 2.07.